The summed E-state index contributed by atoms with van der Waals surface area (Å²) in [5.41, 5.74) is 22.1. The van der Waals surface area contributed by atoms with E-state index in [-0.39, 0.29) is 30.8 Å². The van der Waals surface area contributed by atoms with E-state index in [0.29, 0.717) is 25.8 Å². The molecule has 4 atom stereocenters. The fourth-order valence-electron chi connectivity index (χ4n) is 3.24. The van der Waals surface area contributed by atoms with Crippen molar-refractivity contribution < 1.29 is 24.3 Å². The normalized spacial score (nSPS) is 14.5. The van der Waals surface area contributed by atoms with Crippen molar-refractivity contribution in [3.63, 3.8) is 0 Å². The fraction of sp³-hybridized carbons (Fsp3) is 0.773. The Hall–Kier alpha value is -2.93. The molecule has 0 fully saturated rings. The minimum atomic E-state index is -1.17. The Morgan fingerprint density at radius 2 is 1.37 bits per heavy atom. The van der Waals surface area contributed by atoms with E-state index in [9.17, 15) is 24.3 Å². The predicted molar refractivity (Wildman–Crippen MR) is 134 cm³/mol. The van der Waals surface area contributed by atoms with Gasteiger partial charge in [0.15, 0.2) is 5.96 Å². The number of nitrogens with two attached hydrogens (primary N) is 4. The van der Waals surface area contributed by atoms with Gasteiger partial charge in [0, 0.05) is 6.54 Å². The monoisotopic (exact) mass is 500 g/mol. The number of carbonyl (C=O) groups excluding carboxylic acids is 3. The number of unbranched alkanes of at least 4 members (excludes halogenated alkanes) is 1. The third-order valence-electron chi connectivity index (χ3n) is 5.36. The quantitative estimate of drug-likeness (QED) is 0.0646. The second kappa shape index (κ2) is 16.7. The number of aliphatic carboxylic acids is 1. The van der Waals surface area contributed by atoms with Gasteiger partial charge in [-0.05, 0) is 44.1 Å². The molecule has 0 aromatic rings. The number of aliphatic imine (C=N–C) groups is 1. The van der Waals surface area contributed by atoms with Gasteiger partial charge < -0.3 is 44.0 Å². The molecule has 13 nitrogen and oxygen atoms in total. The summed E-state index contributed by atoms with van der Waals surface area (Å²) in [6.45, 7) is 7.50. The molecular formula is C22H44N8O5. The lowest BCUT2D eigenvalue weighted by Gasteiger charge is -2.28. The van der Waals surface area contributed by atoms with Gasteiger partial charge in [-0.2, -0.15) is 0 Å². The molecule has 0 radical (unpaired) electrons. The van der Waals surface area contributed by atoms with Gasteiger partial charge in [0.25, 0.3) is 0 Å². The van der Waals surface area contributed by atoms with E-state index < -0.39 is 47.9 Å². The number of amides is 3. The fourth-order valence-corrected chi connectivity index (χ4v) is 3.24. The Bertz CT molecular complexity index is 725. The highest BCUT2D eigenvalue weighted by atomic mass is 16.4. The zero-order valence-corrected chi connectivity index (χ0v) is 21.3. The minimum absolute atomic E-state index is 0.0911. The average molecular weight is 501 g/mol. The van der Waals surface area contributed by atoms with Crippen LogP contribution in [0.3, 0.4) is 0 Å². The molecule has 0 rings (SSSR count). The van der Waals surface area contributed by atoms with Crippen LogP contribution in [0.5, 0.6) is 0 Å². The molecule has 0 aromatic carbocycles. The van der Waals surface area contributed by atoms with E-state index in [1.54, 1.807) is 27.7 Å². The molecule has 12 N–H and O–H groups in total. The van der Waals surface area contributed by atoms with Crippen molar-refractivity contribution in [1.82, 2.24) is 16.0 Å². The van der Waals surface area contributed by atoms with Crippen molar-refractivity contribution in [2.45, 2.75) is 84.0 Å². The summed E-state index contributed by atoms with van der Waals surface area (Å²) in [7, 11) is 0. The number of rotatable bonds is 17. The summed E-state index contributed by atoms with van der Waals surface area (Å²) < 4.78 is 0. The van der Waals surface area contributed by atoms with Gasteiger partial charge in [0.1, 0.15) is 18.1 Å². The number of nitrogens with one attached hydrogen (secondary N) is 3. The number of carboxylic acids is 1. The number of hydrogen-bond acceptors (Lipinski definition) is 7. The Kier molecular flexibility index (Phi) is 15.3. The number of guanidine groups is 1. The van der Waals surface area contributed by atoms with E-state index in [0.717, 1.165) is 6.42 Å². The van der Waals surface area contributed by atoms with Gasteiger partial charge in [-0.1, -0.05) is 34.1 Å². The standard InChI is InChI=1S/C22H44N8O5/c1-12(2)16(20(33)30-17(13(3)4)21(34)35)29-19(32)15(9-7-11-27-22(25)26)28-18(31)14(24)8-5-6-10-23/h12-17H,5-11,23-24H2,1-4H3,(H,28,31)(H,29,32)(H,30,33)(H,34,35)(H4,25,26,27). The zero-order valence-electron chi connectivity index (χ0n) is 21.3. The third-order valence-corrected chi connectivity index (χ3v) is 5.36. The van der Waals surface area contributed by atoms with E-state index in [4.69, 9.17) is 22.9 Å². The molecule has 35 heavy (non-hydrogen) atoms. The Morgan fingerprint density at radius 1 is 0.800 bits per heavy atom. The molecule has 0 saturated heterocycles. The minimum Gasteiger partial charge on any atom is -0.480 e. The highest BCUT2D eigenvalue weighted by molar-refractivity contribution is 5.94. The highest BCUT2D eigenvalue weighted by Gasteiger charge is 2.32. The van der Waals surface area contributed by atoms with Crippen LogP contribution in [0, 0.1) is 11.8 Å². The van der Waals surface area contributed by atoms with Crippen LogP contribution in [-0.2, 0) is 19.2 Å². The predicted octanol–water partition coefficient (Wildman–Crippen LogP) is -1.65. The number of hydrogen-bond donors (Lipinski definition) is 8. The van der Waals surface area contributed by atoms with Gasteiger partial charge in [0.05, 0.1) is 6.04 Å². The van der Waals surface area contributed by atoms with Gasteiger partial charge in [-0.15, -0.1) is 0 Å². The van der Waals surface area contributed by atoms with Gasteiger partial charge in [-0.3, -0.25) is 19.4 Å². The van der Waals surface area contributed by atoms with Gasteiger partial charge in [-0.25, -0.2) is 4.79 Å². The molecule has 0 spiro atoms. The second-order valence-corrected chi connectivity index (χ2v) is 9.20. The lowest BCUT2D eigenvalue weighted by atomic mass is 9.99. The maximum absolute atomic E-state index is 13.1. The van der Waals surface area contributed by atoms with Crippen molar-refractivity contribution in [1.29, 1.82) is 0 Å². The molecule has 0 aliphatic carbocycles. The summed E-state index contributed by atoms with van der Waals surface area (Å²) in [6.07, 6.45) is 2.38. The third kappa shape index (κ3) is 12.9. The van der Waals surface area contributed by atoms with E-state index in [1.807, 2.05) is 0 Å². The molecule has 202 valence electrons. The first-order valence-corrected chi connectivity index (χ1v) is 12.0. The molecule has 0 aromatic heterocycles. The van der Waals surface area contributed by atoms with Crippen LogP contribution in [0.2, 0.25) is 0 Å². The lowest BCUT2D eigenvalue weighted by Crippen LogP contribution is -2.59. The Labute approximate surface area is 207 Å². The van der Waals surface area contributed by atoms with Crippen LogP contribution < -0.4 is 38.9 Å². The first-order valence-electron chi connectivity index (χ1n) is 12.0. The van der Waals surface area contributed by atoms with Crippen LogP contribution in [0.4, 0.5) is 0 Å². The van der Waals surface area contributed by atoms with E-state index in [2.05, 4.69) is 20.9 Å². The van der Waals surface area contributed by atoms with Crippen LogP contribution in [0.1, 0.15) is 59.8 Å². The zero-order chi connectivity index (χ0) is 27.1. The van der Waals surface area contributed by atoms with Crippen LogP contribution in [-0.4, -0.2) is 72.0 Å². The molecule has 3 amide bonds. The smallest absolute Gasteiger partial charge is 0.326 e. The van der Waals surface area contributed by atoms with Crippen molar-refractivity contribution in [2.24, 2.45) is 39.8 Å². The molecule has 0 heterocycles. The number of carboxylic acid groups (broad SMARTS) is 1. The molecule has 13 heteroatoms. The summed E-state index contributed by atoms with van der Waals surface area (Å²) in [5, 5.41) is 17.1. The topological polar surface area (TPSA) is 241 Å². The maximum atomic E-state index is 13.1. The average Bonchev–Trinajstić information content (AvgIpc) is 2.76. The summed E-state index contributed by atoms with van der Waals surface area (Å²) in [6, 6.07) is -3.94. The van der Waals surface area contributed by atoms with Crippen LogP contribution in [0.15, 0.2) is 4.99 Å². The van der Waals surface area contributed by atoms with Crippen LogP contribution in [0.25, 0.3) is 0 Å². The van der Waals surface area contributed by atoms with E-state index in [1.165, 1.54) is 0 Å². The highest BCUT2D eigenvalue weighted by Crippen LogP contribution is 2.09. The van der Waals surface area contributed by atoms with Gasteiger partial charge >= 0.3 is 5.97 Å². The van der Waals surface area contributed by atoms with Crippen LogP contribution >= 0.6 is 0 Å². The lowest BCUT2D eigenvalue weighted by molar-refractivity contribution is -0.143. The van der Waals surface area contributed by atoms with Gasteiger partial charge in [0.2, 0.25) is 17.7 Å². The second-order valence-electron chi connectivity index (χ2n) is 9.20. The number of carbonyl (C=O) groups is 4. The molecule has 0 bridgehead atoms. The first-order chi connectivity index (χ1) is 16.3. The molecule has 0 aliphatic heterocycles. The number of nitrogens with zero attached hydrogens (tertiary/aromatic N) is 1. The molecule has 0 saturated carbocycles. The van der Waals surface area contributed by atoms with E-state index >= 15 is 0 Å². The first kappa shape index (κ1) is 32.1. The van der Waals surface area contributed by atoms with Crippen molar-refractivity contribution in [3.8, 4) is 0 Å². The largest absolute Gasteiger partial charge is 0.480 e. The van der Waals surface area contributed by atoms with Crippen molar-refractivity contribution in [3.05, 3.63) is 0 Å². The maximum Gasteiger partial charge on any atom is 0.326 e. The summed E-state index contributed by atoms with van der Waals surface area (Å²) >= 11 is 0. The van der Waals surface area contributed by atoms with Crippen molar-refractivity contribution >= 4 is 29.7 Å². The summed E-state index contributed by atoms with van der Waals surface area (Å²) in [5.74, 6) is -3.69. The van der Waals surface area contributed by atoms with Crippen molar-refractivity contribution in [2.75, 3.05) is 13.1 Å². The molecular weight excluding hydrogens is 456 g/mol. The Morgan fingerprint density at radius 3 is 1.86 bits per heavy atom. The Balaban J connectivity index is 5.47. The SMILES string of the molecule is CC(C)C(NC(=O)C(NC(=O)C(CCCN=C(N)N)NC(=O)C(N)CCCCN)C(C)C)C(=O)O. The molecule has 4 unspecified atom stereocenters. The molecule has 0 aliphatic rings. The summed E-state index contributed by atoms with van der Waals surface area (Å²) in [4.78, 5) is 53.9.